The number of carbonyl (C=O) groups is 3. The molecule has 1 aromatic heterocycles. The molecular weight excluding hydrogens is 388 g/mol. The molecule has 2 saturated heterocycles. The predicted molar refractivity (Wildman–Crippen MR) is 109 cm³/mol. The molecule has 30 heavy (non-hydrogen) atoms. The van der Waals surface area contributed by atoms with E-state index in [9.17, 15) is 14.4 Å². The largest absolute Gasteiger partial charge is 0.447 e. The van der Waals surface area contributed by atoms with Gasteiger partial charge in [0.15, 0.2) is 0 Å². The Bertz CT molecular complexity index is 991. The van der Waals surface area contributed by atoms with Gasteiger partial charge in [0.1, 0.15) is 18.5 Å². The smallest absolute Gasteiger partial charge is 0.415 e. The zero-order chi connectivity index (χ0) is 21.3. The number of hydrogen-bond acceptors (Lipinski definition) is 6. The van der Waals surface area contributed by atoms with E-state index in [0.29, 0.717) is 25.5 Å². The molecule has 1 atom stereocenters. The maximum atomic E-state index is 12.3. The van der Waals surface area contributed by atoms with Crippen molar-refractivity contribution in [2.75, 3.05) is 36.0 Å². The highest BCUT2D eigenvalue weighted by Gasteiger charge is 2.33. The molecule has 2 aromatic rings. The SMILES string of the molecule is CC(=O)NC[C@H]1CN(c2ccc(-c3ccc(N4CCOC4=O)nc3)cc2C)C(=O)O1. The number of pyridine rings is 1. The van der Waals surface area contributed by atoms with Gasteiger partial charge in [-0.15, -0.1) is 0 Å². The Morgan fingerprint density at radius 1 is 1.17 bits per heavy atom. The van der Waals surface area contributed by atoms with Crippen LogP contribution >= 0.6 is 0 Å². The Kier molecular flexibility index (Phi) is 5.26. The average Bonchev–Trinajstić information content (AvgIpc) is 3.32. The van der Waals surface area contributed by atoms with Crippen LogP contribution in [0.1, 0.15) is 12.5 Å². The summed E-state index contributed by atoms with van der Waals surface area (Å²) in [5.74, 6) is 0.394. The number of nitrogens with one attached hydrogen (secondary N) is 1. The molecule has 0 saturated carbocycles. The number of nitrogens with zero attached hydrogens (tertiary/aromatic N) is 3. The van der Waals surface area contributed by atoms with Crippen molar-refractivity contribution >= 4 is 29.6 Å². The fourth-order valence-corrected chi connectivity index (χ4v) is 3.54. The van der Waals surface area contributed by atoms with Crippen molar-refractivity contribution in [2.24, 2.45) is 0 Å². The Hall–Kier alpha value is -3.62. The first kappa shape index (κ1) is 19.7. The maximum absolute atomic E-state index is 12.3. The molecule has 9 nitrogen and oxygen atoms in total. The molecule has 0 radical (unpaired) electrons. The highest BCUT2D eigenvalue weighted by Crippen LogP contribution is 2.30. The molecule has 2 aliphatic heterocycles. The van der Waals surface area contributed by atoms with Gasteiger partial charge in [-0.3, -0.25) is 14.6 Å². The monoisotopic (exact) mass is 410 g/mol. The lowest BCUT2D eigenvalue weighted by Gasteiger charge is -2.17. The van der Waals surface area contributed by atoms with Crippen LogP contribution < -0.4 is 15.1 Å². The third-order valence-electron chi connectivity index (χ3n) is 5.06. The van der Waals surface area contributed by atoms with Gasteiger partial charge in [0.2, 0.25) is 5.91 Å². The normalized spacial score (nSPS) is 18.4. The van der Waals surface area contributed by atoms with Gasteiger partial charge in [0, 0.05) is 18.7 Å². The van der Waals surface area contributed by atoms with Gasteiger partial charge in [-0.25, -0.2) is 14.6 Å². The van der Waals surface area contributed by atoms with Crippen molar-refractivity contribution < 1.29 is 23.9 Å². The van der Waals surface area contributed by atoms with Crippen molar-refractivity contribution in [1.82, 2.24) is 10.3 Å². The quantitative estimate of drug-likeness (QED) is 0.813. The lowest BCUT2D eigenvalue weighted by Crippen LogP contribution is -2.33. The van der Waals surface area contributed by atoms with Gasteiger partial charge in [-0.2, -0.15) is 0 Å². The molecule has 1 aromatic carbocycles. The number of rotatable bonds is 5. The highest BCUT2D eigenvalue weighted by molar-refractivity contribution is 5.91. The summed E-state index contributed by atoms with van der Waals surface area (Å²) in [4.78, 5) is 42.5. The van der Waals surface area contributed by atoms with E-state index in [2.05, 4.69) is 10.3 Å². The Morgan fingerprint density at radius 3 is 2.60 bits per heavy atom. The van der Waals surface area contributed by atoms with E-state index in [1.807, 2.05) is 31.2 Å². The zero-order valence-electron chi connectivity index (χ0n) is 16.8. The second-order valence-electron chi connectivity index (χ2n) is 7.23. The minimum Gasteiger partial charge on any atom is -0.447 e. The molecule has 0 aliphatic carbocycles. The predicted octanol–water partition coefficient (Wildman–Crippen LogP) is 2.47. The van der Waals surface area contributed by atoms with E-state index in [4.69, 9.17) is 9.47 Å². The van der Waals surface area contributed by atoms with Gasteiger partial charge >= 0.3 is 12.2 Å². The standard InChI is InChI=1S/C21H22N4O5/c1-13-9-15(16-4-6-19(23-10-16)24-7-8-29-20(24)27)3-5-18(13)25-12-17(30-21(25)28)11-22-14(2)26/h3-6,9-10,17H,7-8,11-12H2,1-2H3,(H,22,26)/t17-/m0/s1. The number of aryl methyl sites for hydroxylation is 1. The number of ether oxygens (including phenoxy) is 2. The van der Waals surface area contributed by atoms with Crippen LogP contribution in [-0.2, 0) is 14.3 Å². The number of carbonyl (C=O) groups excluding carboxylic acids is 3. The summed E-state index contributed by atoms with van der Waals surface area (Å²) in [5, 5.41) is 2.67. The Balaban J connectivity index is 1.49. The second kappa shape index (κ2) is 8.02. The van der Waals surface area contributed by atoms with Crippen molar-refractivity contribution in [1.29, 1.82) is 0 Å². The molecule has 0 bridgehead atoms. The number of anilines is 2. The van der Waals surface area contributed by atoms with Crippen molar-refractivity contribution in [3.8, 4) is 11.1 Å². The number of benzene rings is 1. The second-order valence-corrected chi connectivity index (χ2v) is 7.23. The lowest BCUT2D eigenvalue weighted by molar-refractivity contribution is -0.119. The molecule has 4 rings (SSSR count). The summed E-state index contributed by atoms with van der Waals surface area (Å²) in [6.07, 6.45) is 0.521. The first-order valence-corrected chi connectivity index (χ1v) is 9.66. The summed E-state index contributed by atoms with van der Waals surface area (Å²) >= 11 is 0. The van der Waals surface area contributed by atoms with Gasteiger partial charge in [0.05, 0.1) is 25.3 Å². The maximum Gasteiger partial charge on any atom is 0.415 e. The van der Waals surface area contributed by atoms with Crippen LogP contribution in [0.5, 0.6) is 0 Å². The molecule has 2 aliphatic rings. The Morgan fingerprint density at radius 2 is 1.97 bits per heavy atom. The van der Waals surface area contributed by atoms with Crippen molar-refractivity contribution in [3.05, 3.63) is 42.1 Å². The number of aromatic nitrogens is 1. The van der Waals surface area contributed by atoms with Gasteiger partial charge in [-0.1, -0.05) is 6.07 Å². The fraction of sp³-hybridized carbons (Fsp3) is 0.333. The highest BCUT2D eigenvalue weighted by atomic mass is 16.6. The molecule has 2 fully saturated rings. The number of cyclic esters (lactones) is 2. The molecular formula is C21H22N4O5. The third kappa shape index (κ3) is 3.91. The van der Waals surface area contributed by atoms with E-state index >= 15 is 0 Å². The van der Waals surface area contributed by atoms with E-state index < -0.39 is 6.09 Å². The van der Waals surface area contributed by atoms with Crippen LogP contribution in [0.15, 0.2) is 36.5 Å². The van der Waals surface area contributed by atoms with Crippen LogP contribution in [0.2, 0.25) is 0 Å². The van der Waals surface area contributed by atoms with E-state index in [1.54, 1.807) is 17.2 Å². The lowest BCUT2D eigenvalue weighted by atomic mass is 10.0. The fourth-order valence-electron chi connectivity index (χ4n) is 3.54. The van der Waals surface area contributed by atoms with Crippen LogP contribution in [-0.4, -0.2) is 55.4 Å². The van der Waals surface area contributed by atoms with Crippen LogP contribution in [0.3, 0.4) is 0 Å². The van der Waals surface area contributed by atoms with Gasteiger partial charge in [0.25, 0.3) is 0 Å². The van der Waals surface area contributed by atoms with Gasteiger partial charge in [-0.05, 0) is 42.3 Å². The molecule has 1 N–H and O–H groups in total. The van der Waals surface area contributed by atoms with E-state index in [-0.39, 0.29) is 24.6 Å². The van der Waals surface area contributed by atoms with Crippen molar-refractivity contribution in [3.63, 3.8) is 0 Å². The summed E-state index contributed by atoms with van der Waals surface area (Å²) in [6.45, 7) is 4.88. The topological polar surface area (TPSA) is 101 Å². The van der Waals surface area contributed by atoms with Gasteiger partial charge < -0.3 is 14.8 Å². The van der Waals surface area contributed by atoms with Crippen molar-refractivity contribution in [2.45, 2.75) is 20.0 Å². The molecule has 0 unspecified atom stereocenters. The molecule has 9 heteroatoms. The summed E-state index contributed by atoms with van der Waals surface area (Å²) in [6, 6.07) is 9.45. The third-order valence-corrected chi connectivity index (χ3v) is 5.06. The van der Waals surface area contributed by atoms with E-state index in [1.165, 1.54) is 11.8 Å². The van der Waals surface area contributed by atoms with Crippen LogP contribution in [0, 0.1) is 6.92 Å². The van der Waals surface area contributed by atoms with E-state index in [0.717, 1.165) is 22.4 Å². The van der Waals surface area contributed by atoms with Crippen LogP contribution in [0.4, 0.5) is 21.1 Å². The first-order chi connectivity index (χ1) is 14.4. The number of amides is 3. The minimum absolute atomic E-state index is 0.161. The average molecular weight is 410 g/mol. The molecule has 3 amide bonds. The molecule has 3 heterocycles. The Labute approximate surface area is 173 Å². The molecule has 156 valence electrons. The summed E-state index contributed by atoms with van der Waals surface area (Å²) in [7, 11) is 0. The zero-order valence-corrected chi connectivity index (χ0v) is 16.8. The summed E-state index contributed by atoms with van der Waals surface area (Å²) < 4.78 is 10.3. The first-order valence-electron chi connectivity index (χ1n) is 9.66. The minimum atomic E-state index is -0.426. The van der Waals surface area contributed by atoms with Crippen LogP contribution in [0.25, 0.3) is 11.1 Å². The number of hydrogen-bond donors (Lipinski definition) is 1. The molecule has 0 spiro atoms. The summed E-state index contributed by atoms with van der Waals surface area (Å²) in [5.41, 5.74) is 3.52.